The van der Waals surface area contributed by atoms with Crippen LogP contribution in [-0.4, -0.2) is 20.7 Å². The molecule has 37 heavy (non-hydrogen) atoms. The van der Waals surface area contributed by atoms with Crippen LogP contribution in [0.25, 0.3) is 0 Å². The number of thiazole rings is 1. The van der Waals surface area contributed by atoms with Gasteiger partial charge in [0.25, 0.3) is 0 Å². The van der Waals surface area contributed by atoms with Crippen molar-refractivity contribution < 1.29 is 4.74 Å². The number of aromatic nitrogens is 3. The summed E-state index contributed by atoms with van der Waals surface area (Å²) in [4.78, 5) is 17.6. The summed E-state index contributed by atoms with van der Waals surface area (Å²) in [6, 6.07) is 24.4. The molecule has 0 saturated heterocycles. The van der Waals surface area contributed by atoms with E-state index in [4.69, 9.17) is 14.7 Å². The normalized spacial score (nSPS) is 12.3. The van der Waals surface area contributed by atoms with Gasteiger partial charge in [0.2, 0.25) is 0 Å². The van der Waals surface area contributed by atoms with Crippen molar-refractivity contribution in [2.24, 2.45) is 0 Å². The molecule has 1 aliphatic heterocycles. The van der Waals surface area contributed by atoms with Crippen molar-refractivity contribution in [3.63, 3.8) is 0 Å². The molecule has 184 valence electrons. The Morgan fingerprint density at radius 3 is 2.65 bits per heavy atom. The number of hydrogen-bond acceptors (Lipinski definition) is 8. The van der Waals surface area contributed by atoms with Crippen molar-refractivity contribution >= 4 is 45.8 Å². The summed E-state index contributed by atoms with van der Waals surface area (Å²) in [6.45, 7) is 0. The number of hydrogen-bond donors (Lipinski definition) is 1. The molecule has 0 fully saturated rings. The highest BCUT2D eigenvalue weighted by atomic mass is 32.2. The molecule has 0 atom stereocenters. The fraction of sp³-hybridized carbons (Fsp3) is 0.138. The lowest BCUT2D eigenvalue weighted by atomic mass is 10.1. The second-order valence-electron chi connectivity index (χ2n) is 8.47. The number of nitrogens with one attached hydrogen (secondary N) is 1. The Balaban J connectivity index is 1.22. The third kappa shape index (κ3) is 5.98. The van der Waals surface area contributed by atoms with Crippen LogP contribution in [0.2, 0.25) is 0 Å². The molecule has 5 aromatic rings. The predicted octanol–water partition coefficient (Wildman–Crippen LogP) is 8.05. The molecule has 5 nitrogen and oxygen atoms in total. The van der Waals surface area contributed by atoms with Gasteiger partial charge in [0.05, 0.1) is 11.4 Å². The molecule has 0 bridgehead atoms. The van der Waals surface area contributed by atoms with Gasteiger partial charge in [-0.25, -0.2) is 9.97 Å². The van der Waals surface area contributed by atoms with Crippen molar-refractivity contribution in [2.75, 3.05) is 11.1 Å². The van der Waals surface area contributed by atoms with Gasteiger partial charge in [-0.3, -0.25) is 4.98 Å². The van der Waals surface area contributed by atoms with Crippen molar-refractivity contribution in [3.8, 4) is 11.5 Å². The van der Waals surface area contributed by atoms with Gasteiger partial charge in [0, 0.05) is 50.7 Å². The average Bonchev–Trinajstić information content (AvgIpc) is 3.60. The van der Waals surface area contributed by atoms with Crippen LogP contribution >= 0.6 is 34.9 Å². The van der Waals surface area contributed by atoms with Crippen LogP contribution in [0.15, 0.2) is 105 Å². The van der Waals surface area contributed by atoms with Gasteiger partial charge in [-0.2, -0.15) is 0 Å². The Bertz CT molecular complexity index is 1490. The second kappa shape index (κ2) is 11.4. The van der Waals surface area contributed by atoms with Crippen LogP contribution in [0, 0.1) is 0 Å². The summed E-state index contributed by atoms with van der Waals surface area (Å²) in [6.07, 6.45) is 6.68. The smallest absolute Gasteiger partial charge is 0.188 e. The van der Waals surface area contributed by atoms with E-state index in [2.05, 4.69) is 46.0 Å². The summed E-state index contributed by atoms with van der Waals surface area (Å²) >= 11 is 5.16. The molecule has 1 aliphatic rings. The van der Waals surface area contributed by atoms with Crippen LogP contribution in [0.5, 0.6) is 11.5 Å². The molecular weight excluding hydrogens is 517 g/mol. The van der Waals surface area contributed by atoms with Gasteiger partial charge in [0.15, 0.2) is 16.7 Å². The number of nitrogens with zero attached hydrogens (tertiary/aromatic N) is 3. The summed E-state index contributed by atoms with van der Waals surface area (Å²) in [5.74, 6) is 3.16. The highest BCUT2D eigenvalue weighted by Crippen LogP contribution is 2.42. The predicted molar refractivity (Wildman–Crippen MR) is 153 cm³/mol. The van der Waals surface area contributed by atoms with Crippen LogP contribution in [0.1, 0.15) is 17.0 Å². The van der Waals surface area contributed by atoms with Crippen molar-refractivity contribution in [1.29, 1.82) is 0 Å². The third-order valence-electron chi connectivity index (χ3n) is 5.84. The molecule has 0 radical (unpaired) electrons. The second-order valence-corrected chi connectivity index (χ2v) is 11.6. The molecule has 4 heterocycles. The number of thioether (sulfide) groups is 1. The van der Waals surface area contributed by atoms with E-state index in [9.17, 15) is 0 Å². The lowest BCUT2D eigenvalue weighted by Crippen LogP contribution is -1.98. The molecular formula is C29H24N4OS3. The first kappa shape index (κ1) is 24.0. The highest BCUT2D eigenvalue weighted by molar-refractivity contribution is 8.02. The number of rotatable bonds is 9. The molecule has 1 N–H and O–H groups in total. The SMILES string of the molecule is c1ccc(CCc2csc(Nc3ncc(Sc4ccnc5c4SCC5)cc3Oc3ccccc3)n2)cc1. The first-order chi connectivity index (χ1) is 18.3. The maximum atomic E-state index is 6.29. The first-order valence-corrected chi connectivity index (χ1v) is 14.8. The zero-order valence-electron chi connectivity index (χ0n) is 20.0. The molecule has 0 unspecified atom stereocenters. The third-order valence-corrected chi connectivity index (χ3v) is 8.95. The minimum absolute atomic E-state index is 0.645. The molecule has 0 amide bonds. The quantitative estimate of drug-likeness (QED) is 0.203. The zero-order valence-corrected chi connectivity index (χ0v) is 22.4. The monoisotopic (exact) mass is 540 g/mol. The number of aryl methyl sites for hydroxylation is 3. The van der Waals surface area contributed by atoms with E-state index in [1.165, 1.54) is 21.0 Å². The fourth-order valence-electron chi connectivity index (χ4n) is 4.03. The number of benzene rings is 2. The lowest BCUT2D eigenvalue weighted by Gasteiger charge is -2.13. The van der Waals surface area contributed by atoms with E-state index >= 15 is 0 Å². The van der Waals surface area contributed by atoms with E-state index in [0.717, 1.165) is 46.5 Å². The number of ether oxygens (including phenoxy) is 1. The largest absolute Gasteiger partial charge is 0.453 e. The molecule has 0 spiro atoms. The average molecular weight is 541 g/mol. The van der Waals surface area contributed by atoms with Crippen molar-refractivity contribution in [2.45, 2.75) is 33.9 Å². The molecule has 0 aliphatic carbocycles. The summed E-state index contributed by atoms with van der Waals surface area (Å²) in [5, 5.41) is 6.30. The molecule has 2 aromatic carbocycles. The molecule has 8 heteroatoms. The number of fused-ring (bicyclic) bond motifs is 1. The van der Waals surface area contributed by atoms with Crippen LogP contribution < -0.4 is 10.1 Å². The number of anilines is 2. The van der Waals surface area contributed by atoms with E-state index in [-0.39, 0.29) is 0 Å². The van der Waals surface area contributed by atoms with Gasteiger partial charge >= 0.3 is 0 Å². The zero-order chi connectivity index (χ0) is 24.9. The van der Waals surface area contributed by atoms with E-state index in [1.54, 1.807) is 23.1 Å². The van der Waals surface area contributed by atoms with Crippen molar-refractivity contribution in [3.05, 3.63) is 108 Å². The standard InChI is InChI=1S/C29H24N4OS3/c1-3-7-20(8-4-1)11-12-21-19-36-29(32-21)33-28-25(34-22-9-5-2-6-10-22)17-23(18-31-28)37-26-13-15-30-24-14-16-35-27(24)26/h1-10,13,15,17-19H,11-12,14,16H2,(H,31,32,33). The van der Waals surface area contributed by atoms with Gasteiger partial charge in [-0.05, 0) is 36.6 Å². The van der Waals surface area contributed by atoms with E-state index < -0.39 is 0 Å². The van der Waals surface area contributed by atoms with Gasteiger partial charge in [0.1, 0.15) is 5.75 Å². The minimum Gasteiger partial charge on any atom is -0.453 e. The van der Waals surface area contributed by atoms with Gasteiger partial charge in [-0.1, -0.05) is 60.3 Å². The Kier molecular flexibility index (Phi) is 7.39. The summed E-state index contributed by atoms with van der Waals surface area (Å²) in [7, 11) is 0. The Morgan fingerprint density at radius 1 is 0.946 bits per heavy atom. The van der Waals surface area contributed by atoms with Crippen LogP contribution in [0.3, 0.4) is 0 Å². The molecule has 3 aromatic heterocycles. The van der Waals surface area contributed by atoms with Crippen LogP contribution in [0.4, 0.5) is 10.9 Å². The fourth-order valence-corrected chi connectivity index (χ4v) is 6.97. The van der Waals surface area contributed by atoms with Crippen molar-refractivity contribution in [1.82, 2.24) is 15.0 Å². The summed E-state index contributed by atoms with van der Waals surface area (Å²) in [5.41, 5.74) is 3.57. The Hall–Kier alpha value is -3.33. The number of pyridine rings is 2. The van der Waals surface area contributed by atoms with Crippen LogP contribution in [-0.2, 0) is 19.3 Å². The van der Waals surface area contributed by atoms with Gasteiger partial charge in [-0.15, -0.1) is 23.1 Å². The Labute approximate surface area is 228 Å². The maximum Gasteiger partial charge on any atom is 0.188 e. The topological polar surface area (TPSA) is 59.9 Å². The summed E-state index contributed by atoms with van der Waals surface area (Å²) < 4.78 is 6.29. The van der Waals surface area contributed by atoms with E-state index in [0.29, 0.717) is 11.6 Å². The highest BCUT2D eigenvalue weighted by Gasteiger charge is 2.18. The van der Waals surface area contributed by atoms with E-state index in [1.807, 2.05) is 66.6 Å². The maximum absolute atomic E-state index is 6.29. The molecule has 0 saturated carbocycles. The minimum atomic E-state index is 0.645. The first-order valence-electron chi connectivity index (χ1n) is 12.1. The lowest BCUT2D eigenvalue weighted by molar-refractivity contribution is 0.481. The van der Waals surface area contributed by atoms with Gasteiger partial charge < -0.3 is 10.1 Å². The number of para-hydroxylation sites is 1. The Morgan fingerprint density at radius 2 is 1.78 bits per heavy atom. The molecule has 6 rings (SSSR count).